The summed E-state index contributed by atoms with van der Waals surface area (Å²) in [6.07, 6.45) is 10.4. The first kappa shape index (κ1) is 25.9. The van der Waals surface area contributed by atoms with Crippen molar-refractivity contribution in [1.29, 1.82) is 0 Å². The molecule has 0 atom stereocenters. The van der Waals surface area contributed by atoms with Gasteiger partial charge >= 0.3 is 0 Å². The Balaban J connectivity index is 1.31. The Morgan fingerprint density at radius 3 is 2.59 bits per heavy atom. The second-order valence-corrected chi connectivity index (χ2v) is 11.3. The van der Waals surface area contributed by atoms with Crippen LogP contribution in [-0.4, -0.2) is 77.5 Å². The third-order valence-corrected chi connectivity index (χ3v) is 8.31. The van der Waals surface area contributed by atoms with Gasteiger partial charge in [-0.25, -0.2) is 14.4 Å². The van der Waals surface area contributed by atoms with Crippen LogP contribution >= 0.6 is 0 Å². The van der Waals surface area contributed by atoms with Crippen LogP contribution in [0.25, 0.3) is 0 Å². The minimum absolute atomic E-state index is 0.0289. The Labute approximate surface area is 220 Å². The SMILES string of the molecule is CCN(C(=O)c1cc(F)ccc1N1CCN(CC2CN(CC3CCCCC3)C2)c2ncncc21)C(C)C. The number of likely N-dealkylation sites (tertiary alicyclic amines) is 1. The number of rotatable bonds is 8. The predicted octanol–water partition coefficient (Wildman–Crippen LogP) is 4.96. The summed E-state index contributed by atoms with van der Waals surface area (Å²) < 4.78 is 14.3. The molecule has 2 aromatic rings. The average molecular weight is 509 g/mol. The van der Waals surface area contributed by atoms with Gasteiger partial charge in [0.05, 0.1) is 17.4 Å². The number of hydrogen-bond donors (Lipinski definition) is 0. The van der Waals surface area contributed by atoms with Crippen molar-refractivity contribution in [3.8, 4) is 0 Å². The van der Waals surface area contributed by atoms with E-state index in [9.17, 15) is 9.18 Å². The minimum atomic E-state index is -0.405. The number of carbonyl (C=O) groups excluding carboxylic acids is 1. The molecular formula is C29H41FN6O. The molecule has 1 saturated heterocycles. The van der Waals surface area contributed by atoms with E-state index in [1.54, 1.807) is 17.3 Å². The van der Waals surface area contributed by atoms with E-state index in [0.29, 0.717) is 30.3 Å². The Morgan fingerprint density at radius 2 is 1.86 bits per heavy atom. The van der Waals surface area contributed by atoms with Crippen LogP contribution in [0.1, 0.15) is 63.2 Å². The third-order valence-electron chi connectivity index (χ3n) is 8.31. The van der Waals surface area contributed by atoms with E-state index in [4.69, 9.17) is 0 Å². The molecule has 7 nitrogen and oxygen atoms in total. The molecule has 0 N–H and O–H groups in total. The Bertz CT molecular complexity index is 1080. The molecule has 0 unspecified atom stereocenters. The van der Waals surface area contributed by atoms with E-state index in [0.717, 1.165) is 43.6 Å². The van der Waals surface area contributed by atoms with Crippen molar-refractivity contribution in [3.63, 3.8) is 0 Å². The topological polar surface area (TPSA) is 55.8 Å². The molecule has 3 aliphatic rings. The summed E-state index contributed by atoms with van der Waals surface area (Å²) in [6.45, 7) is 12.5. The second-order valence-electron chi connectivity index (χ2n) is 11.3. The maximum absolute atomic E-state index is 14.3. The van der Waals surface area contributed by atoms with E-state index < -0.39 is 5.82 Å². The average Bonchev–Trinajstić information content (AvgIpc) is 2.88. The van der Waals surface area contributed by atoms with Crippen LogP contribution in [0.3, 0.4) is 0 Å². The molecule has 2 fully saturated rings. The lowest BCUT2D eigenvalue weighted by Gasteiger charge is -2.45. The van der Waals surface area contributed by atoms with Gasteiger partial charge in [-0.3, -0.25) is 4.79 Å². The summed E-state index contributed by atoms with van der Waals surface area (Å²) in [7, 11) is 0. The molecule has 2 aliphatic heterocycles. The number of halogens is 1. The van der Waals surface area contributed by atoms with E-state index in [1.807, 2.05) is 27.0 Å². The lowest BCUT2D eigenvalue weighted by Crippen LogP contribution is -2.54. The van der Waals surface area contributed by atoms with E-state index in [-0.39, 0.29) is 11.9 Å². The van der Waals surface area contributed by atoms with E-state index in [2.05, 4.69) is 24.7 Å². The third kappa shape index (κ3) is 5.59. The van der Waals surface area contributed by atoms with Crippen molar-refractivity contribution in [2.24, 2.45) is 11.8 Å². The zero-order valence-electron chi connectivity index (χ0n) is 22.6. The van der Waals surface area contributed by atoms with E-state index in [1.165, 1.54) is 50.8 Å². The number of benzene rings is 1. The largest absolute Gasteiger partial charge is 0.353 e. The maximum atomic E-state index is 14.3. The monoisotopic (exact) mass is 508 g/mol. The highest BCUT2D eigenvalue weighted by molar-refractivity contribution is 6.01. The molecule has 0 bridgehead atoms. The van der Waals surface area contributed by atoms with Crippen molar-refractivity contribution in [1.82, 2.24) is 19.8 Å². The van der Waals surface area contributed by atoms with Crippen LogP contribution in [0.2, 0.25) is 0 Å². The molecule has 1 amide bonds. The molecule has 5 rings (SSSR count). The Kier molecular flexibility index (Phi) is 7.93. The normalized spacial score (nSPS) is 19.2. The standard InChI is InChI=1S/C29H41FN6O/c1-4-35(21(2)3)29(37)25-14-24(30)10-11-26(25)36-13-12-34(28-27(36)15-31-20-32-28)19-23-17-33(18-23)16-22-8-6-5-7-9-22/h10-11,14-15,20-23H,4-9,12-13,16-19H2,1-3H3. The predicted molar refractivity (Wildman–Crippen MR) is 146 cm³/mol. The van der Waals surface area contributed by atoms with Crippen molar-refractivity contribution < 1.29 is 9.18 Å². The van der Waals surface area contributed by atoms with E-state index >= 15 is 0 Å². The molecule has 0 radical (unpaired) electrons. The number of carbonyl (C=O) groups is 1. The first-order chi connectivity index (χ1) is 17.9. The van der Waals surface area contributed by atoms with Gasteiger partial charge in [-0.2, -0.15) is 0 Å². The maximum Gasteiger partial charge on any atom is 0.256 e. The molecule has 200 valence electrons. The molecule has 37 heavy (non-hydrogen) atoms. The number of aromatic nitrogens is 2. The van der Waals surface area contributed by atoms with Crippen molar-refractivity contribution in [2.45, 2.75) is 58.9 Å². The van der Waals surface area contributed by atoms with Gasteiger partial charge in [0.25, 0.3) is 5.91 Å². The Morgan fingerprint density at radius 1 is 1.08 bits per heavy atom. The zero-order valence-corrected chi connectivity index (χ0v) is 22.6. The highest BCUT2D eigenvalue weighted by atomic mass is 19.1. The summed E-state index contributed by atoms with van der Waals surface area (Å²) >= 11 is 0. The highest BCUT2D eigenvalue weighted by Gasteiger charge is 2.34. The first-order valence-electron chi connectivity index (χ1n) is 14.1. The van der Waals surface area contributed by atoms with Gasteiger partial charge in [0.1, 0.15) is 17.8 Å². The summed E-state index contributed by atoms with van der Waals surface area (Å²) in [6, 6.07) is 4.55. The van der Waals surface area contributed by atoms with Gasteiger partial charge in [0, 0.05) is 57.8 Å². The van der Waals surface area contributed by atoms with Gasteiger partial charge in [0.2, 0.25) is 0 Å². The highest BCUT2D eigenvalue weighted by Crippen LogP contribution is 2.38. The van der Waals surface area contributed by atoms with Crippen molar-refractivity contribution in [3.05, 3.63) is 42.1 Å². The van der Waals surface area contributed by atoms with Crippen LogP contribution in [0.15, 0.2) is 30.7 Å². The van der Waals surface area contributed by atoms with Gasteiger partial charge in [-0.1, -0.05) is 19.3 Å². The molecule has 1 aliphatic carbocycles. The smallest absolute Gasteiger partial charge is 0.256 e. The Hall–Kier alpha value is -2.74. The lowest BCUT2D eigenvalue weighted by molar-refractivity contribution is 0.0717. The lowest BCUT2D eigenvalue weighted by atomic mass is 9.87. The van der Waals surface area contributed by atoms with Crippen LogP contribution in [0.4, 0.5) is 21.6 Å². The summed E-state index contributed by atoms with van der Waals surface area (Å²) in [5.41, 5.74) is 1.97. The summed E-state index contributed by atoms with van der Waals surface area (Å²) in [4.78, 5) is 31.3. The minimum Gasteiger partial charge on any atom is -0.353 e. The molecule has 3 heterocycles. The van der Waals surface area contributed by atoms with Gasteiger partial charge in [-0.05, 0) is 57.7 Å². The number of hydrogen-bond acceptors (Lipinski definition) is 6. The molecule has 1 aromatic heterocycles. The summed E-state index contributed by atoms with van der Waals surface area (Å²) in [5, 5.41) is 0. The van der Waals surface area contributed by atoms with Gasteiger partial charge in [0.15, 0.2) is 5.82 Å². The van der Waals surface area contributed by atoms with Crippen molar-refractivity contribution in [2.75, 3.05) is 55.6 Å². The quantitative estimate of drug-likeness (QED) is 0.503. The number of nitrogens with zero attached hydrogens (tertiary/aromatic N) is 6. The zero-order chi connectivity index (χ0) is 25.9. The molecule has 1 aromatic carbocycles. The molecule has 8 heteroatoms. The van der Waals surface area contributed by atoms with Gasteiger partial charge in [-0.15, -0.1) is 0 Å². The fourth-order valence-electron chi connectivity index (χ4n) is 6.43. The number of amides is 1. The number of anilines is 3. The summed E-state index contributed by atoms with van der Waals surface area (Å²) in [5.74, 6) is 1.87. The van der Waals surface area contributed by atoms with Gasteiger partial charge < -0.3 is 19.6 Å². The molecule has 1 saturated carbocycles. The first-order valence-corrected chi connectivity index (χ1v) is 14.1. The number of fused-ring (bicyclic) bond motifs is 1. The van der Waals surface area contributed by atoms with Crippen LogP contribution in [0.5, 0.6) is 0 Å². The van der Waals surface area contributed by atoms with Crippen LogP contribution in [-0.2, 0) is 0 Å². The van der Waals surface area contributed by atoms with Crippen LogP contribution < -0.4 is 9.80 Å². The second kappa shape index (κ2) is 11.3. The van der Waals surface area contributed by atoms with Crippen molar-refractivity contribution >= 4 is 23.1 Å². The van der Waals surface area contributed by atoms with Crippen LogP contribution in [0, 0.1) is 17.7 Å². The molecule has 0 spiro atoms. The molecular weight excluding hydrogens is 467 g/mol. The fraction of sp³-hybridized carbons (Fsp3) is 0.621. The fourth-order valence-corrected chi connectivity index (χ4v) is 6.43.